The number of hydrogen-bond acceptors (Lipinski definition) is 5. The average molecular weight is 422 g/mol. The van der Waals surface area contributed by atoms with E-state index in [4.69, 9.17) is 4.74 Å². The third kappa shape index (κ3) is 3.40. The molecule has 0 spiro atoms. The fourth-order valence-corrected chi connectivity index (χ4v) is 5.35. The van der Waals surface area contributed by atoms with Crippen molar-refractivity contribution in [2.75, 3.05) is 7.11 Å². The maximum atomic E-state index is 12.8. The van der Waals surface area contributed by atoms with Crippen LogP contribution in [0.5, 0.6) is 5.75 Å². The molecule has 2 atom stereocenters. The van der Waals surface area contributed by atoms with Gasteiger partial charge in [-0.15, -0.1) is 5.10 Å². The quantitative estimate of drug-likeness (QED) is 0.765. The molecule has 1 aromatic heterocycles. The van der Waals surface area contributed by atoms with Crippen LogP contribution < -0.4 is 10.1 Å². The minimum absolute atomic E-state index is 0.0183. The van der Waals surface area contributed by atoms with Gasteiger partial charge in [0.25, 0.3) is 0 Å². The molecule has 1 aliphatic heterocycles. The number of carbonyl (C=O) groups excluding carboxylic acids is 1. The number of ether oxygens (including phenoxy) is 1. The Bertz CT molecular complexity index is 809. The predicted molar refractivity (Wildman–Crippen MR) is 102 cm³/mol. The van der Waals surface area contributed by atoms with E-state index in [9.17, 15) is 4.79 Å². The Morgan fingerprint density at radius 2 is 2.00 bits per heavy atom. The fourth-order valence-electron chi connectivity index (χ4n) is 2.92. The molecule has 7 heteroatoms. The van der Waals surface area contributed by atoms with Gasteiger partial charge < -0.3 is 10.1 Å². The van der Waals surface area contributed by atoms with Crippen LogP contribution in [0.1, 0.15) is 29.3 Å². The van der Waals surface area contributed by atoms with Crippen LogP contribution in [0.2, 0.25) is 0 Å². The molecule has 0 fully saturated rings. The molecule has 3 rings (SSSR count). The van der Waals surface area contributed by atoms with Crippen molar-refractivity contribution < 1.29 is 9.53 Å². The number of thioether (sulfide) groups is 1. The molecule has 1 N–H and O–H groups in total. The molecule has 5 nitrogen and oxygen atoms in total. The molecule has 132 valence electrons. The number of alkyl halides is 1. The zero-order valence-corrected chi connectivity index (χ0v) is 17.0. The average Bonchev–Trinajstić information content (AvgIpc) is 2.88. The summed E-state index contributed by atoms with van der Waals surface area (Å²) in [7, 11) is 1.63. The first-order valence-corrected chi connectivity index (χ1v) is 9.62. The number of rotatable bonds is 4. The molecule has 0 aliphatic carbocycles. The molecule has 1 aliphatic rings. The highest BCUT2D eigenvalue weighted by Crippen LogP contribution is 2.53. The van der Waals surface area contributed by atoms with Gasteiger partial charge in [-0.3, -0.25) is 4.79 Å². The number of aromatic nitrogens is 2. The summed E-state index contributed by atoms with van der Waals surface area (Å²) < 4.78 is 4.68. The van der Waals surface area contributed by atoms with Gasteiger partial charge in [0.05, 0.1) is 17.1 Å². The Morgan fingerprint density at radius 3 is 2.64 bits per heavy atom. The van der Waals surface area contributed by atoms with E-state index in [1.54, 1.807) is 7.11 Å². The maximum absolute atomic E-state index is 12.8. The zero-order valence-electron chi connectivity index (χ0n) is 14.6. The largest absolute Gasteiger partial charge is 0.497 e. The SMILES string of the molecule is COc1ccc(CNC(=O)C2Sc3nnc(C)c(C)c3C2(C)Br)cc1. The first kappa shape index (κ1) is 18.2. The van der Waals surface area contributed by atoms with E-state index in [-0.39, 0.29) is 11.2 Å². The Labute approximate surface area is 160 Å². The molecule has 1 aromatic carbocycles. The molecule has 2 heterocycles. The third-order valence-corrected chi connectivity index (χ3v) is 7.08. The maximum Gasteiger partial charge on any atom is 0.235 e. The van der Waals surface area contributed by atoms with Crippen LogP contribution in [0.3, 0.4) is 0 Å². The molecule has 25 heavy (non-hydrogen) atoms. The number of amides is 1. The lowest BCUT2D eigenvalue weighted by molar-refractivity contribution is -0.121. The van der Waals surface area contributed by atoms with Crippen molar-refractivity contribution in [2.24, 2.45) is 0 Å². The number of nitrogens with zero attached hydrogens (tertiary/aromatic N) is 2. The standard InChI is InChI=1S/C18H20BrN3O2S/c1-10-11(2)21-22-17-14(10)18(3,19)15(25-17)16(23)20-9-12-5-7-13(24-4)8-6-12/h5-8,15H,9H2,1-4H3,(H,20,23). The van der Waals surface area contributed by atoms with Gasteiger partial charge in [0.1, 0.15) is 16.0 Å². The second-order valence-corrected chi connectivity index (χ2v) is 8.97. The summed E-state index contributed by atoms with van der Waals surface area (Å²) in [5.74, 6) is 0.782. The van der Waals surface area contributed by atoms with Crippen molar-refractivity contribution in [3.63, 3.8) is 0 Å². The van der Waals surface area contributed by atoms with Crippen molar-refractivity contribution in [1.82, 2.24) is 15.5 Å². The van der Waals surface area contributed by atoms with Gasteiger partial charge >= 0.3 is 0 Å². The minimum atomic E-state index is -0.470. The van der Waals surface area contributed by atoms with E-state index in [0.717, 1.165) is 33.2 Å². The molecule has 2 aromatic rings. The Kier molecular flexibility index (Phi) is 5.06. The number of methoxy groups -OCH3 is 1. The molecule has 0 saturated heterocycles. The summed E-state index contributed by atoms with van der Waals surface area (Å²) in [5.41, 5.74) is 4.07. The lowest BCUT2D eigenvalue weighted by atomic mass is 9.94. The molecule has 2 unspecified atom stereocenters. The van der Waals surface area contributed by atoms with Crippen molar-refractivity contribution in [3.8, 4) is 5.75 Å². The second kappa shape index (κ2) is 6.96. The van der Waals surface area contributed by atoms with Crippen LogP contribution in [0.4, 0.5) is 0 Å². The fraction of sp³-hybridized carbons (Fsp3) is 0.389. The number of fused-ring (bicyclic) bond motifs is 1. The molecule has 0 saturated carbocycles. The van der Waals surface area contributed by atoms with E-state index in [1.165, 1.54) is 11.8 Å². The highest BCUT2D eigenvalue weighted by Gasteiger charge is 2.48. The summed E-state index contributed by atoms with van der Waals surface area (Å²) >= 11 is 5.24. The Hall–Kier alpha value is -1.60. The van der Waals surface area contributed by atoms with E-state index in [0.29, 0.717) is 6.54 Å². The van der Waals surface area contributed by atoms with Crippen LogP contribution >= 0.6 is 27.7 Å². The highest BCUT2D eigenvalue weighted by atomic mass is 79.9. The molecule has 0 radical (unpaired) electrons. The van der Waals surface area contributed by atoms with E-state index < -0.39 is 4.32 Å². The van der Waals surface area contributed by atoms with Crippen molar-refractivity contribution in [2.45, 2.75) is 41.9 Å². The summed E-state index contributed by atoms with van der Waals surface area (Å²) in [6.45, 7) is 6.47. The van der Waals surface area contributed by atoms with Crippen LogP contribution in [0, 0.1) is 13.8 Å². The number of benzene rings is 1. The summed E-state index contributed by atoms with van der Waals surface area (Å²) in [5, 5.41) is 12.0. The Balaban J connectivity index is 1.73. The van der Waals surface area contributed by atoms with Crippen LogP contribution in [0.25, 0.3) is 0 Å². The van der Waals surface area contributed by atoms with Gasteiger partial charge in [0.15, 0.2) is 0 Å². The first-order chi connectivity index (χ1) is 11.8. The van der Waals surface area contributed by atoms with Gasteiger partial charge in [-0.2, -0.15) is 5.10 Å². The summed E-state index contributed by atoms with van der Waals surface area (Å²) in [4.78, 5) is 12.8. The van der Waals surface area contributed by atoms with E-state index in [2.05, 4.69) is 31.4 Å². The lowest BCUT2D eigenvalue weighted by Crippen LogP contribution is -2.40. The van der Waals surface area contributed by atoms with Gasteiger partial charge in [0, 0.05) is 12.1 Å². The number of halogens is 1. The van der Waals surface area contributed by atoms with Gasteiger partial charge in [-0.25, -0.2) is 0 Å². The number of aryl methyl sites for hydroxylation is 1. The zero-order chi connectivity index (χ0) is 18.2. The summed E-state index contributed by atoms with van der Waals surface area (Å²) in [6.07, 6.45) is 0. The van der Waals surface area contributed by atoms with Crippen molar-refractivity contribution in [3.05, 3.63) is 46.6 Å². The topological polar surface area (TPSA) is 64.1 Å². The monoisotopic (exact) mass is 421 g/mol. The second-order valence-electron chi connectivity index (χ2n) is 6.23. The highest BCUT2D eigenvalue weighted by molar-refractivity contribution is 9.09. The number of carbonyl (C=O) groups is 1. The smallest absolute Gasteiger partial charge is 0.235 e. The predicted octanol–water partition coefficient (Wildman–Crippen LogP) is 3.50. The normalized spacial score (nSPS) is 21.7. The van der Waals surface area contributed by atoms with Gasteiger partial charge in [-0.1, -0.05) is 39.8 Å². The van der Waals surface area contributed by atoms with Crippen molar-refractivity contribution >= 4 is 33.6 Å². The van der Waals surface area contributed by atoms with E-state index >= 15 is 0 Å². The van der Waals surface area contributed by atoms with Crippen LogP contribution in [-0.4, -0.2) is 28.5 Å². The number of nitrogens with one attached hydrogen (secondary N) is 1. The van der Waals surface area contributed by atoms with E-state index in [1.807, 2.05) is 45.0 Å². The van der Waals surface area contributed by atoms with Gasteiger partial charge in [0.2, 0.25) is 5.91 Å². The molecule has 0 bridgehead atoms. The molecule has 1 amide bonds. The lowest BCUT2D eigenvalue weighted by Gasteiger charge is -2.25. The minimum Gasteiger partial charge on any atom is -0.497 e. The first-order valence-electron chi connectivity index (χ1n) is 7.95. The Morgan fingerprint density at radius 1 is 1.32 bits per heavy atom. The molecular formula is C18H20BrN3O2S. The summed E-state index contributed by atoms with van der Waals surface area (Å²) in [6, 6.07) is 7.67. The third-order valence-electron chi connectivity index (χ3n) is 4.50. The van der Waals surface area contributed by atoms with Crippen LogP contribution in [0.15, 0.2) is 29.3 Å². The van der Waals surface area contributed by atoms with Crippen molar-refractivity contribution in [1.29, 1.82) is 0 Å². The van der Waals surface area contributed by atoms with Crippen LogP contribution in [-0.2, 0) is 15.7 Å². The van der Waals surface area contributed by atoms with Gasteiger partial charge in [-0.05, 0) is 44.0 Å². The number of hydrogen-bond donors (Lipinski definition) is 1. The molecular weight excluding hydrogens is 402 g/mol.